The number of ether oxygens (including phenoxy) is 2. The topological polar surface area (TPSA) is 76.6 Å². The first-order valence-corrected chi connectivity index (χ1v) is 9.33. The van der Waals surface area contributed by atoms with Crippen LogP contribution in [0.5, 0.6) is 11.5 Å². The van der Waals surface area contributed by atoms with Crippen LogP contribution in [0.25, 0.3) is 0 Å². The van der Waals surface area contributed by atoms with Crippen LogP contribution in [-0.4, -0.2) is 48.7 Å². The molecule has 0 spiro atoms. The van der Waals surface area contributed by atoms with E-state index < -0.39 is 0 Å². The van der Waals surface area contributed by atoms with E-state index in [2.05, 4.69) is 20.2 Å². The van der Waals surface area contributed by atoms with Gasteiger partial charge in [0.05, 0.1) is 13.7 Å². The maximum absolute atomic E-state index is 12.1. The maximum atomic E-state index is 12.1. The monoisotopic (exact) mass is 370 g/mol. The van der Waals surface area contributed by atoms with Gasteiger partial charge in [-0.3, -0.25) is 4.79 Å². The highest BCUT2D eigenvalue weighted by Gasteiger charge is 2.21. The van der Waals surface area contributed by atoms with Gasteiger partial charge in [-0.2, -0.15) is 0 Å². The second kappa shape index (κ2) is 9.75. The first kappa shape index (κ1) is 18.9. The zero-order chi connectivity index (χ0) is 18.9. The summed E-state index contributed by atoms with van der Waals surface area (Å²) < 4.78 is 10.8. The smallest absolute Gasteiger partial charge is 0.225 e. The van der Waals surface area contributed by atoms with Gasteiger partial charge in [0.2, 0.25) is 11.9 Å². The fourth-order valence-electron chi connectivity index (χ4n) is 3.07. The lowest BCUT2D eigenvalue weighted by Crippen LogP contribution is -2.45. The number of carbonyl (C=O) groups is 1. The van der Waals surface area contributed by atoms with E-state index in [0.717, 1.165) is 43.4 Å². The largest absolute Gasteiger partial charge is 0.497 e. The molecule has 2 heterocycles. The summed E-state index contributed by atoms with van der Waals surface area (Å²) in [4.78, 5) is 22.9. The van der Waals surface area contributed by atoms with Crippen LogP contribution < -0.4 is 19.7 Å². The third-order valence-electron chi connectivity index (χ3n) is 4.57. The van der Waals surface area contributed by atoms with Crippen LogP contribution in [0.15, 0.2) is 42.7 Å². The molecule has 1 aromatic carbocycles. The van der Waals surface area contributed by atoms with E-state index in [0.29, 0.717) is 19.4 Å². The zero-order valence-corrected chi connectivity index (χ0v) is 15.6. The van der Waals surface area contributed by atoms with E-state index in [1.165, 1.54) is 0 Å². The van der Waals surface area contributed by atoms with Gasteiger partial charge in [-0.05, 0) is 49.6 Å². The number of hydrogen-bond acceptors (Lipinski definition) is 6. The van der Waals surface area contributed by atoms with Gasteiger partial charge < -0.3 is 19.7 Å². The molecule has 144 valence electrons. The van der Waals surface area contributed by atoms with E-state index in [4.69, 9.17) is 9.47 Å². The number of nitrogens with zero attached hydrogens (tertiary/aromatic N) is 3. The van der Waals surface area contributed by atoms with Gasteiger partial charge in [0.15, 0.2) is 0 Å². The van der Waals surface area contributed by atoms with Crippen molar-refractivity contribution in [3.63, 3.8) is 0 Å². The number of piperidine rings is 1. The van der Waals surface area contributed by atoms with E-state index in [1.807, 2.05) is 30.3 Å². The molecule has 0 radical (unpaired) electrons. The van der Waals surface area contributed by atoms with Crippen molar-refractivity contribution in [2.45, 2.75) is 31.7 Å². The van der Waals surface area contributed by atoms with Crippen molar-refractivity contribution >= 4 is 11.9 Å². The summed E-state index contributed by atoms with van der Waals surface area (Å²) >= 11 is 0. The average molecular weight is 370 g/mol. The molecule has 1 aromatic heterocycles. The molecule has 1 aliphatic heterocycles. The molecule has 7 nitrogen and oxygen atoms in total. The Labute approximate surface area is 159 Å². The molecule has 0 atom stereocenters. The molecule has 0 saturated carbocycles. The number of carbonyl (C=O) groups excluding carboxylic acids is 1. The maximum Gasteiger partial charge on any atom is 0.225 e. The van der Waals surface area contributed by atoms with E-state index in [9.17, 15) is 4.79 Å². The highest BCUT2D eigenvalue weighted by molar-refractivity contribution is 5.76. The molecule has 27 heavy (non-hydrogen) atoms. The SMILES string of the molecule is COc1ccc(OCCCC(=O)NC2CCN(c3ncccn3)CC2)cc1. The summed E-state index contributed by atoms with van der Waals surface area (Å²) in [7, 11) is 1.63. The summed E-state index contributed by atoms with van der Waals surface area (Å²) in [6.45, 7) is 2.23. The normalized spacial score (nSPS) is 14.6. The van der Waals surface area contributed by atoms with Gasteiger partial charge in [0.25, 0.3) is 0 Å². The highest BCUT2D eigenvalue weighted by Crippen LogP contribution is 2.17. The molecule has 1 N–H and O–H groups in total. The average Bonchev–Trinajstić information content (AvgIpc) is 2.73. The van der Waals surface area contributed by atoms with E-state index in [1.54, 1.807) is 19.5 Å². The number of methoxy groups -OCH3 is 1. The minimum atomic E-state index is 0.0859. The number of hydrogen-bond donors (Lipinski definition) is 1. The number of nitrogens with one attached hydrogen (secondary N) is 1. The minimum Gasteiger partial charge on any atom is -0.497 e. The fraction of sp³-hybridized carbons (Fsp3) is 0.450. The van der Waals surface area contributed by atoms with Crippen molar-refractivity contribution in [3.8, 4) is 11.5 Å². The number of amides is 1. The Morgan fingerprint density at radius 3 is 2.48 bits per heavy atom. The highest BCUT2D eigenvalue weighted by atomic mass is 16.5. The minimum absolute atomic E-state index is 0.0859. The number of anilines is 1. The van der Waals surface area contributed by atoms with Crippen LogP contribution in [0.1, 0.15) is 25.7 Å². The molecule has 1 saturated heterocycles. The van der Waals surface area contributed by atoms with Crippen molar-refractivity contribution in [3.05, 3.63) is 42.7 Å². The molecule has 7 heteroatoms. The van der Waals surface area contributed by atoms with Gasteiger partial charge >= 0.3 is 0 Å². The van der Waals surface area contributed by atoms with Crippen molar-refractivity contribution in [2.24, 2.45) is 0 Å². The lowest BCUT2D eigenvalue weighted by atomic mass is 10.1. The van der Waals surface area contributed by atoms with Gasteiger partial charge in [-0.1, -0.05) is 0 Å². The van der Waals surface area contributed by atoms with Crippen LogP contribution in [0.3, 0.4) is 0 Å². The first-order chi connectivity index (χ1) is 13.2. The Morgan fingerprint density at radius 1 is 1.15 bits per heavy atom. The predicted molar refractivity (Wildman–Crippen MR) is 103 cm³/mol. The molecular formula is C20H26N4O3. The molecule has 2 aromatic rings. The molecular weight excluding hydrogens is 344 g/mol. The number of benzene rings is 1. The van der Waals surface area contributed by atoms with Gasteiger partial charge in [0, 0.05) is 37.9 Å². The Balaban J connectivity index is 1.30. The summed E-state index contributed by atoms with van der Waals surface area (Å²) in [6, 6.07) is 9.48. The Kier molecular flexibility index (Phi) is 6.84. The number of rotatable bonds is 8. The van der Waals surface area contributed by atoms with Gasteiger partial charge in [0.1, 0.15) is 11.5 Å². The third-order valence-corrected chi connectivity index (χ3v) is 4.57. The molecule has 1 aliphatic rings. The fourth-order valence-corrected chi connectivity index (χ4v) is 3.07. The molecule has 3 rings (SSSR count). The standard InChI is InChI=1S/C20H26N4O3/c1-26-17-5-7-18(8-6-17)27-15-2-4-19(25)23-16-9-13-24(14-10-16)20-21-11-3-12-22-20/h3,5-8,11-12,16H,2,4,9-10,13-15H2,1H3,(H,23,25). The van der Waals surface area contributed by atoms with Crippen LogP contribution in [0.4, 0.5) is 5.95 Å². The predicted octanol–water partition coefficient (Wildman–Crippen LogP) is 2.43. The van der Waals surface area contributed by atoms with Crippen molar-refractivity contribution in [2.75, 3.05) is 31.7 Å². The molecule has 0 aliphatic carbocycles. The lowest BCUT2D eigenvalue weighted by molar-refractivity contribution is -0.122. The summed E-state index contributed by atoms with van der Waals surface area (Å²) in [5, 5.41) is 3.13. The first-order valence-electron chi connectivity index (χ1n) is 9.33. The second-order valence-electron chi connectivity index (χ2n) is 6.51. The van der Waals surface area contributed by atoms with E-state index >= 15 is 0 Å². The quantitative estimate of drug-likeness (QED) is 0.719. The van der Waals surface area contributed by atoms with Crippen LogP contribution in [0, 0.1) is 0 Å². The zero-order valence-electron chi connectivity index (χ0n) is 15.6. The lowest BCUT2D eigenvalue weighted by Gasteiger charge is -2.32. The number of aromatic nitrogens is 2. The van der Waals surface area contributed by atoms with E-state index in [-0.39, 0.29) is 11.9 Å². The molecule has 0 bridgehead atoms. The molecule has 1 fully saturated rings. The van der Waals surface area contributed by atoms with Crippen LogP contribution >= 0.6 is 0 Å². The Hall–Kier alpha value is -2.83. The van der Waals surface area contributed by atoms with Gasteiger partial charge in [-0.25, -0.2) is 9.97 Å². The summed E-state index contributed by atoms with van der Waals surface area (Å²) in [5.41, 5.74) is 0. The van der Waals surface area contributed by atoms with Crippen molar-refractivity contribution < 1.29 is 14.3 Å². The summed E-state index contributed by atoms with van der Waals surface area (Å²) in [5.74, 6) is 2.43. The summed E-state index contributed by atoms with van der Waals surface area (Å²) in [6.07, 6.45) is 6.49. The van der Waals surface area contributed by atoms with Crippen molar-refractivity contribution in [1.82, 2.24) is 15.3 Å². The van der Waals surface area contributed by atoms with Crippen LogP contribution in [0.2, 0.25) is 0 Å². The second-order valence-corrected chi connectivity index (χ2v) is 6.51. The van der Waals surface area contributed by atoms with Gasteiger partial charge in [-0.15, -0.1) is 0 Å². The third kappa shape index (κ3) is 5.84. The van der Waals surface area contributed by atoms with Crippen molar-refractivity contribution in [1.29, 1.82) is 0 Å². The molecule has 1 amide bonds. The Morgan fingerprint density at radius 2 is 1.81 bits per heavy atom. The Bertz CT molecular complexity index is 701. The molecule has 0 unspecified atom stereocenters. The van der Waals surface area contributed by atoms with Crippen LogP contribution in [-0.2, 0) is 4.79 Å².